The van der Waals surface area contributed by atoms with Gasteiger partial charge in [0, 0.05) is 6.54 Å². The van der Waals surface area contributed by atoms with Crippen molar-refractivity contribution in [3.63, 3.8) is 0 Å². The summed E-state index contributed by atoms with van der Waals surface area (Å²) in [5, 5.41) is 3.94. The van der Waals surface area contributed by atoms with Gasteiger partial charge in [0.1, 0.15) is 5.82 Å². The van der Waals surface area contributed by atoms with Crippen LogP contribution in [-0.2, 0) is 6.54 Å². The topological polar surface area (TPSA) is 76.7 Å². The summed E-state index contributed by atoms with van der Waals surface area (Å²) in [6, 6.07) is 0. The largest absolute Gasteiger partial charge is 0.343 e. The molecule has 0 aliphatic carbocycles. The third kappa shape index (κ3) is 1.91. The maximum atomic E-state index is 10.9. The SMILES string of the molecule is Cc1nn(CCCN)c(=O)[nH]1. The molecule has 0 atom stereocenters. The van der Waals surface area contributed by atoms with Gasteiger partial charge in [0.05, 0.1) is 0 Å². The number of rotatable bonds is 3. The highest BCUT2D eigenvalue weighted by Crippen LogP contribution is 1.82. The van der Waals surface area contributed by atoms with E-state index in [1.807, 2.05) is 0 Å². The van der Waals surface area contributed by atoms with Crippen LogP contribution < -0.4 is 11.4 Å². The van der Waals surface area contributed by atoms with Gasteiger partial charge in [0.25, 0.3) is 0 Å². The van der Waals surface area contributed by atoms with Crippen LogP contribution in [0.15, 0.2) is 4.79 Å². The predicted molar refractivity (Wildman–Crippen MR) is 41.3 cm³/mol. The molecule has 1 aromatic heterocycles. The molecule has 0 bridgehead atoms. The Bertz CT molecular complexity index is 274. The van der Waals surface area contributed by atoms with Crippen molar-refractivity contribution in [1.29, 1.82) is 0 Å². The zero-order valence-corrected chi connectivity index (χ0v) is 6.50. The number of nitrogens with two attached hydrogens (primary N) is 1. The molecule has 0 amide bonds. The molecule has 0 fully saturated rings. The maximum Gasteiger partial charge on any atom is 0.343 e. The summed E-state index contributed by atoms with van der Waals surface area (Å²) < 4.78 is 1.39. The van der Waals surface area contributed by atoms with Gasteiger partial charge in [-0.2, -0.15) is 5.10 Å². The van der Waals surface area contributed by atoms with Gasteiger partial charge < -0.3 is 5.73 Å². The summed E-state index contributed by atoms with van der Waals surface area (Å²) in [4.78, 5) is 13.5. The van der Waals surface area contributed by atoms with Crippen LogP contribution in [0.25, 0.3) is 0 Å². The van der Waals surface area contributed by atoms with E-state index < -0.39 is 0 Å². The first-order valence-electron chi connectivity index (χ1n) is 3.58. The molecular formula is C6H12N4O. The highest BCUT2D eigenvalue weighted by molar-refractivity contribution is 4.75. The Morgan fingerprint density at radius 1 is 1.73 bits per heavy atom. The van der Waals surface area contributed by atoms with Crippen molar-refractivity contribution < 1.29 is 0 Å². The molecule has 3 N–H and O–H groups in total. The summed E-state index contributed by atoms with van der Waals surface area (Å²) >= 11 is 0. The summed E-state index contributed by atoms with van der Waals surface area (Å²) in [5.74, 6) is 0.645. The molecule has 62 valence electrons. The average molecular weight is 156 g/mol. The zero-order valence-electron chi connectivity index (χ0n) is 6.50. The first-order chi connectivity index (χ1) is 5.24. The second-order valence-electron chi connectivity index (χ2n) is 2.38. The minimum atomic E-state index is -0.157. The molecule has 0 aliphatic rings. The van der Waals surface area contributed by atoms with Gasteiger partial charge in [0.15, 0.2) is 0 Å². The van der Waals surface area contributed by atoms with E-state index in [1.165, 1.54) is 4.68 Å². The van der Waals surface area contributed by atoms with Crippen LogP contribution in [-0.4, -0.2) is 21.3 Å². The van der Waals surface area contributed by atoms with Crippen LogP contribution in [0.5, 0.6) is 0 Å². The number of hydrogen-bond donors (Lipinski definition) is 2. The van der Waals surface area contributed by atoms with E-state index in [9.17, 15) is 4.79 Å². The zero-order chi connectivity index (χ0) is 8.27. The highest BCUT2D eigenvalue weighted by Gasteiger charge is 1.98. The smallest absolute Gasteiger partial charge is 0.330 e. The molecule has 0 aromatic carbocycles. The fraction of sp³-hybridized carbons (Fsp3) is 0.667. The van der Waals surface area contributed by atoms with Crippen molar-refractivity contribution in [3.8, 4) is 0 Å². The van der Waals surface area contributed by atoms with E-state index in [4.69, 9.17) is 5.73 Å². The van der Waals surface area contributed by atoms with Gasteiger partial charge in [-0.3, -0.25) is 4.98 Å². The lowest BCUT2D eigenvalue weighted by Gasteiger charge is -1.94. The predicted octanol–water partition coefficient (Wildman–Crippen LogP) is -0.771. The van der Waals surface area contributed by atoms with Crippen molar-refractivity contribution in [3.05, 3.63) is 16.3 Å². The molecule has 0 unspecified atom stereocenters. The van der Waals surface area contributed by atoms with Gasteiger partial charge in [0.2, 0.25) is 0 Å². The fourth-order valence-electron chi connectivity index (χ4n) is 0.863. The minimum Gasteiger partial charge on any atom is -0.330 e. The van der Waals surface area contributed by atoms with Crippen molar-refractivity contribution in [2.75, 3.05) is 6.54 Å². The van der Waals surface area contributed by atoms with E-state index in [2.05, 4.69) is 10.1 Å². The third-order valence-corrected chi connectivity index (χ3v) is 1.37. The Hall–Kier alpha value is -1.10. The third-order valence-electron chi connectivity index (χ3n) is 1.37. The molecule has 0 saturated carbocycles. The minimum absolute atomic E-state index is 0.157. The number of nitrogens with one attached hydrogen (secondary N) is 1. The highest BCUT2D eigenvalue weighted by atomic mass is 16.1. The maximum absolute atomic E-state index is 10.9. The van der Waals surface area contributed by atoms with Crippen LogP contribution in [0.3, 0.4) is 0 Å². The van der Waals surface area contributed by atoms with Gasteiger partial charge in [-0.25, -0.2) is 9.48 Å². The van der Waals surface area contributed by atoms with E-state index >= 15 is 0 Å². The lowest BCUT2D eigenvalue weighted by atomic mass is 10.4. The van der Waals surface area contributed by atoms with Crippen LogP contribution >= 0.6 is 0 Å². The molecule has 0 aliphatic heterocycles. The molecule has 5 nitrogen and oxygen atoms in total. The van der Waals surface area contributed by atoms with E-state index in [0.717, 1.165) is 6.42 Å². The quantitative estimate of drug-likeness (QED) is 0.603. The first kappa shape index (κ1) is 8.00. The normalized spacial score (nSPS) is 10.4. The van der Waals surface area contributed by atoms with Crippen LogP contribution in [0, 0.1) is 6.92 Å². The van der Waals surface area contributed by atoms with Crippen LogP contribution in [0.1, 0.15) is 12.2 Å². The van der Waals surface area contributed by atoms with Gasteiger partial charge in [-0.15, -0.1) is 0 Å². The van der Waals surface area contributed by atoms with Crippen molar-refractivity contribution >= 4 is 0 Å². The molecule has 0 spiro atoms. The number of aromatic amines is 1. The molecule has 0 radical (unpaired) electrons. The van der Waals surface area contributed by atoms with Crippen LogP contribution in [0.4, 0.5) is 0 Å². The molecule has 1 rings (SSSR count). The average Bonchev–Trinajstić information content (AvgIpc) is 2.26. The Morgan fingerprint density at radius 2 is 2.45 bits per heavy atom. The van der Waals surface area contributed by atoms with Gasteiger partial charge in [-0.1, -0.05) is 0 Å². The van der Waals surface area contributed by atoms with Gasteiger partial charge >= 0.3 is 5.69 Å². The van der Waals surface area contributed by atoms with Gasteiger partial charge in [-0.05, 0) is 19.9 Å². The fourth-order valence-corrected chi connectivity index (χ4v) is 0.863. The second kappa shape index (κ2) is 3.34. The Kier molecular flexibility index (Phi) is 2.43. The summed E-state index contributed by atoms with van der Waals surface area (Å²) in [7, 11) is 0. The number of aryl methyl sites for hydroxylation is 2. The van der Waals surface area contributed by atoms with Crippen molar-refractivity contribution in [1.82, 2.24) is 14.8 Å². The lowest BCUT2D eigenvalue weighted by molar-refractivity contribution is 0.563. The van der Waals surface area contributed by atoms with E-state index in [0.29, 0.717) is 18.9 Å². The number of H-pyrrole nitrogens is 1. The standard InChI is InChI=1S/C6H12N4O/c1-5-8-6(11)10(9-5)4-2-3-7/h2-4,7H2,1H3,(H,8,9,11). The van der Waals surface area contributed by atoms with Crippen molar-refractivity contribution in [2.45, 2.75) is 19.9 Å². The summed E-state index contributed by atoms with van der Waals surface area (Å²) in [6.07, 6.45) is 0.782. The first-order valence-corrected chi connectivity index (χ1v) is 3.58. The summed E-state index contributed by atoms with van der Waals surface area (Å²) in [5.41, 5.74) is 5.12. The molecule has 1 heterocycles. The molecule has 5 heteroatoms. The lowest BCUT2D eigenvalue weighted by Crippen LogP contribution is -2.19. The number of aromatic nitrogens is 3. The Morgan fingerprint density at radius 3 is 2.91 bits per heavy atom. The number of hydrogen-bond acceptors (Lipinski definition) is 3. The van der Waals surface area contributed by atoms with E-state index in [-0.39, 0.29) is 5.69 Å². The molecule has 1 aromatic rings. The summed E-state index contributed by atoms with van der Waals surface area (Å²) in [6.45, 7) is 2.93. The van der Waals surface area contributed by atoms with Crippen molar-refractivity contribution in [2.24, 2.45) is 5.73 Å². The monoisotopic (exact) mass is 156 g/mol. The Labute approximate surface area is 64.2 Å². The number of nitrogens with zero attached hydrogens (tertiary/aromatic N) is 2. The van der Waals surface area contributed by atoms with Crippen LogP contribution in [0.2, 0.25) is 0 Å². The van der Waals surface area contributed by atoms with E-state index in [1.54, 1.807) is 6.92 Å². The molecule has 11 heavy (non-hydrogen) atoms. The molecule has 0 saturated heterocycles. The second-order valence-corrected chi connectivity index (χ2v) is 2.38. The Balaban J connectivity index is 2.70. The molecular weight excluding hydrogens is 144 g/mol.